The van der Waals surface area contributed by atoms with E-state index in [0.717, 1.165) is 31.8 Å². The van der Waals surface area contributed by atoms with Gasteiger partial charge in [0, 0.05) is 77.7 Å². The third-order valence-electron chi connectivity index (χ3n) is 2.67. The molecule has 0 spiro atoms. The summed E-state index contributed by atoms with van der Waals surface area (Å²) in [5.41, 5.74) is 9.98. The van der Waals surface area contributed by atoms with Crippen molar-refractivity contribution in [2.45, 2.75) is 67.7 Å². The van der Waals surface area contributed by atoms with Crippen LogP contribution in [0, 0.1) is 5.92 Å². The molecule has 0 amide bonds. The van der Waals surface area contributed by atoms with Crippen molar-refractivity contribution in [3.63, 3.8) is 0 Å². The third kappa shape index (κ3) is 22.8. The SMILES string of the molecule is CC.CC.CC1=NCCC1.CC1=N[N-]CC1.CC1C=N[N-]C1.[Y].[Y]. The summed E-state index contributed by atoms with van der Waals surface area (Å²) >= 11 is 0. The Labute approximate surface area is 200 Å². The summed E-state index contributed by atoms with van der Waals surface area (Å²) in [6.07, 6.45) is 5.45. The van der Waals surface area contributed by atoms with Gasteiger partial charge in [0.2, 0.25) is 0 Å². The van der Waals surface area contributed by atoms with Gasteiger partial charge in [-0.2, -0.15) is 0 Å². The van der Waals surface area contributed by atoms with Gasteiger partial charge in [-0.3, -0.25) is 4.99 Å². The molecule has 0 aromatic heterocycles. The number of hydrogen-bond acceptors (Lipinski definition) is 3. The van der Waals surface area contributed by atoms with Gasteiger partial charge in [0.25, 0.3) is 0 Å². The maximum absolute atomic E-state index is 4.15. The maximum Gasteiger partial charge on any atom is 0.0392 e. The predicted octanol–water partition coefficient (Wildman–Crippen LogP) is 5.42. The number of nitrogens with zero attached hydrogens (tertiary/aromatic N) is 5. The van der Waals surface area contributed by atoms with E-state index >= 15 is 0 Å². The van der Waals surface area contributed by atoms with E-state index in [9.17, 15) is 0 Å². The number of aliphatic imine (C=N–C) groups is 1. The van der Waals surface area contributed by atoms with Crippen molar-refractivity contribution in [2.75, 3.05) is 19.6 Å². The number of hydrogen-bond donors (Lipinski definition) is 0. The molecule has 0 N–H and O–H groups in total. The summed E-state index contributed by atoms with van der Waals surface area (Å²) in [5.74, 6) is 0.588. The van der Waals surface area contributed by atoms with Crippen LogP contribution in [0.3, 0.4) is 0 Å². The Morgan fingerprint density at radius 3 is 1.71 bits per heavy atom. The fourth-order valence-electron chi connectivity index (χ4n) is 1.50. The molecule has 136 valence electrons. The topological polar surface area (TPSA) is 65.3 Å². The monoisotopic (exact) mass is 487 g/mol. The smallest absolute Gasteiger partial charge is 0.0392 e. The summed E-state index contributed by atoms with van der Waals surface area (Å²) in [5, 5.41) is 7.44. The van der Waals surface area contributed by atoms with Gasteiger partial charge in [-0.25, -0.2) is 0 Å². The zero-order valence-electron chi connectivity index (χ0n) is 16.8. The summed E-state index contributed by atoms with van der Waals surface area (Å²) in [4.78, 5) is 4.15. The van der Waals surface area contributed by atoms with Gasteiger partial charge in [0.1, 0.15) is 0 Å². The fraction of sp³-hybridized carbons (Fsp3) is 0.824. The van der Waals surface area contributed by atoms with Crippen LogP contribution in [0.1, 0.15) is 67.7 Å². The Morgan fingerprint density at radius 2 is 1.58 bits per heavy atom. The molecule has 3 aliphatic rings. The molecule has 3 aliphatic heterocycles. The average Bonchev–Trinajstić information content (AvgIpc) is 3.30. The molecule has 24 heavy (non-hydrogen) atoms. The molecule has 0 saturated heterocycles. The zero-order chi connectivity index (χ0) is 17.2. The molecule has 7 heteroatoms. The Balaban J connectivity index is -0.000000109. The summed E-state index contributed by atoms with van der Waals surface area (Å²) in [6, 6.07) is 0. The molecule has 0 bridgehead atoms. The molecule has 0 aliphatic carbocycles. The predicted molar refractivity (Wildman–Crippen MR) is 102 cm³/mol. The van der Waals surface area contributed by atoms with Gasteiger partial charge in [-0.15, -0.1) is 13.1 Å². The zero-order valence-corrected chi connectivity index (χ0v) is 22.5. The Kier molecular flexibility index (Phi) is 35.3. The van der Waals surface area contributed by atoms with Gasteiger partial charge in [-0.1, -0.05) is 34.6 Å². The second-order valence-electron chi connectivity index (χ2n) is 4.74. The summed E-state index contributed by atoms with van der Waals surface area (Å²) in [6.45, 7) is 17.1. The van der Waals surface area contributed by atoms with E-state index in [0.29, 0.717) is 5.92 Å². The van der Waals surface area contributed by atoms with Crippen LogP contribution >= 0.6 is 0 Å². The van der Waals surface area contributed by atoms with Gasteiger partial charge < -0.3 is 21.1 Å². The van der Waals surface area contributed by atoms with Crippen LogP contribution < -0.4 is 0 Å². The van der Waals surface area contributed by atoms with Gasteiger partial charge in [-0.05, 0) is 51.0 Å². The Morgan fingerprint density at radius 1 is 0.958 bits per heavy atom. The number of rotatable bonds is 0. The minimum atomic E-state index is 0. The van der Waals surface area contributed by atoms with E-state index in [-0.39, 0.29) is 65.4 Å². The van der Waals surface area contributed by atoms with Gasteiger partial charge >= 0.3 is 0 Å². The van der Waals surface area contributed by atoms with Crippen LogP contribution in [0.2, 0.25) is 0 Å². The molecule has 0 aromatic carbocycles. The van der Waals surface area contributed by atoms with E-state index in [1.165, 1.54) is 18.6 Å². The van der Waals surface area contributed by atoms with Crippen molar-refractivity contribution in [1.82, 2.24) is 0 Å². The summed E-state index contributed by atoms with van der Waals surface area (Å²) in [7, 11) is 0. The average molecular weight is 487 g/mol. The standard InChI is InChI=1S/C5H9N.2C4H7N2.2C2H6.2Y/c1-5-3-2-4-6-5;1-4-2-5-6-3-4;1-4-2-3-5-6-4;2*1-2;;/h2-4H2,1H3;2,4H,3H2,1H3;2-3H2,1H3;2*1-2H3;;/q;2*-1;;;;. The van der Waals surface area contributed by atoms with Crippen molar-refractivity contribution in [3.8, 4) is 0 Å². The first kappa shape index (κ1) is 32.5. The van der Waals surface area contributed by atoms with Crippen LogP contribution in [0.5, 0.6) is 0 Å². The molecular formula is C17H35N5Y2-2. The Bertz CT molecular complexity index is 309. The molecular weight excluding hydrogens is 452 g/mol. The third-order valence-corrected chi connectivity index (χ3v) is 2.67. The fourth-order valence-corrected chi connectivity index (χ4v) is 1.50. The molecule has 3 heterocycles. The maximum atomic E-state index is 4.15. The quantitative estimate of drug-likeness (QED) is 0.438. The van der Waals surface area contributed by atoms with Crippen LogP contribution in [-0.2, 0) is 65.4 Å². The van der Waals surface area contributed by atoms with E-state index in [1.54, 1.807) is 0 Å². The molecule has 1 atom stereocenters. The van der Waals surface area contributed by atoms with Crippen LogP contribution in [0.15, 0.2) is 15.2 Å². The van der Waals surface area contributed by atoms with Crippen LogP contribution in [-0.4, -0.2) is 37.3 Å². The first-order chi connectivity index (χ1) is 10.7. The van der Waals surface area contributed by atoms with Gasteiger partial charge in [0.15, 0.2) is 0 Å². The summed E-state index contributed by atoms with van der Waals surface area (Å²) < 4.78 is 0. The van der Waals surface area contributed by atoms with Crippen molar-refractivity contribution >= 4 is 17.6 Å². The molecule has 5 nitrogen and oxygen atoms in total. The first-order valence-corrected chi connectivity index (χ1v) is 8.58. The van der Waals surface area contributed by atoms with Crippen molar-refractivity contribution < 1.29 is 65.4 Å². The van der Waals surface area contributed by atoms with Crippen LogP contribution in [0.25, 0.3) is 10.9 Å². The second kappa shape index (κ2) is 26.1. The first-order valence-electron chi connectivity index (χ1n) is 8.58. The molecule has 3 rings (SSSR count). The molecule has 2 radical (unpaired) electrons. The van der Waals surface area contributed by atoms with Gasteiger partial charge in [0.05, 0.1) is 0 Å². The minimum Gasteiger partial charge on any atom is -0.602 e. The van der Waals surface area contributed by atoms with Crippen molar-refractivity contribution in [1.29, 1.82) is 0 Å². The second-order valence-corrected chi connectivity index (χ2v) is 4.74. The largest absolute Gasteiger partial charge is 0.602 e. The molecule has 0 aromatic rings. The minimum absolute atomic E-state index is 0. The van der Waals surface area contributed by atoms with E-state index in [1.807, 2.05) is 40.8 Å². The van der Waals surface area contributed by atoms with Crippen molar-refractivity contribution in [3.05, 3.63) is 10.9 Å². The normalized spacial score (nSPS) is 18.4. The molecule has 1 unspecified atom stereocenters. The van der Waals surface area contributed by atoms with Crippen molar-refractivity contribution in [2.24, 2.45) is 21.1 Å². The Hall–Kier alpha value is 0.818. The van der Waals surface area contributed by atoms with E-state index in [4.69, 9.17) is 0 Å². The molecule has 0 fully saturated rings. The molecule has 0 saturated carbocycles. The van der Waals surface area contributed by atoms with E-state index in [2.05, 4.69) is 39.9 Å². The van der Waals surface area contributed by atoms with Crippen LogP contribution in [0.4, 0.5) is 0 Å². The van der Waals surface area contributed by atoms with E-state index < -0.39 is 0 Å².